The van der Waals surface area contributed by atoms with E-state index in [0.717, 1.165) is 6.42 Å². The first-order valence-electron chi connectivity index (χ1n) is 6.22. The highest BCUT2D eigenvalue weighted by Crippen LogP contribution is 2.33. The smallest absolute Gasteiger partial charge is 0.315 e. The van der Waals surface area contributed by atoms with Gasteiger partial charge in [0.1, 0.15) is 11.4 Å². The van der Waals surface area contributed by atoms with Gasteiger partial charge in [-0.25, -0.2) is 0 Å². The molecular weight excluding hydrogens is 230 g/mol. The number of nitrogens with zero attached hydrogens (tertiary/aromatic N) is 1. The van der Waals surface area contributed by atoms with E-state index in [-0.39, 0.29) is 16.7 Å². The molecule has 0 radical (unpaired) electrons. The van der Waals surface area contributed by atoms with Crippen LogP contribution in [0.4, 0.5) is 17.1 Å². The van der Waals surface area contributed by atoms with Crippen molar-refractivity contribution in [1.29, 1.82) is 0 Å². The topological polar surface area (TPSA) is 67.2 Å². The molecule has 5 heteroatoms. The highest BCUT2D eigenvalue weighted by molar-refractivity contribution is 5.76. The lowest BCUT2D eigenvalue weighted by molar-refractivity contribution is -0.383. The highest BCUT2D eigenvalue weighted by Gasteiger charge is 2.21. The predicted octanol–water partition coefficient (Wildman–Crippen LogP) is 3.48. The summed E-state index contributed by atoms with van der Waals surface area (Å²) in [4.78, 5) is 10.8. The normalized spacial score (nSPS) is 13.8. The maximum absolute atomic E-state index is 11.1. The molecular formula is C13H21N3O2. The van der Waals surface area contributed by atoms with Crippen LogP contribution in [0.3, 0.4) is 0 Å². The lowest BCUT2D eigenvalue weighted by Crippen LogP contribution is -2.23. The van der Waals surface area contributed by atoms with Crippen LogP contribution in [0.25, 0.3) is 0 Å². The molecule has 0 aromatic heterocycles. The number of rotatable bonds is 6. The van der Waals surface area contributed by atoms with E-state index in [9.17, 15) is 10.1 Å². The zero-order valence-electron chi connectivity index (χ0n) is 11.4. The lowest BCUT2D eigenvalue weighted by Gasteiger charge is -2.21. The van der Waals surface area contributed by atoms with Gasteiger partial charge in [0.05, 0.1) is 4.92 Å². The van der Waals surface area contributed by atoms with E-state index in [1.165, 1.54) is 0 Å². The van der Waals surface area contributed by atoms with Gasteiger partial charge in [-0.1, -0.05) is 26.3 Å². The van der Waals surface area contributed by atoms with E-state index < -0.39 is 0 Å². The Labute approximate surface area is 108 Å². The molecule has 0 heterocycles. The Morgan fingerprint density at radius 1 is 1.33 bits per heavy atom. The Morgan fingerprint density at radius 3 is 2.44 bits per heavy atom. The maximum atomic E-state index is 11.1. The van der Waals surface area contributed by atoms with Gasteiger partial charge in [-0.15, -0.1) is 0 Å². The summed E-state index contributed by atoms with van der Waals surface area (Å²) >= 11 is 0. The summed E-state index contributed by atoms with van der Waals surface area (Å²) in [5.41, 5.74) is 1.20. The number of nitro groups is 1. The number of hydrogen-bond donors (Lipinski definition) is 2. The molecule has 18 heavy (non-hydrogen) atoms. The molecule has 100 valence electrons. The summed E-state index contributed by atoms with van der Waals surface area (Å²) in [7, 11) is 1.68. The Morgan fingerprint density at radius 2 is 1.94 bits per heavy atom. The Balaban J connectivity index is 3.05. The largest absolute Gasteiger partial charge is 0.382 e. The SMILES string of the molecule is CCC(C)C(C)Nc1cccc(NC)c1[N+](=O)[O-]. The monoisotopic (exact) mass is 251 g/mol. The summed E-state index contributed by atoms with van der Waals surface area (Å²) < 4.78 is 0. The average molecular weight is 251 g/mol. The first-order valence-corrected chi connectivity index (χ1v) is 6.22. The predicted molar refractivity (Wildman–Crippen MR) is 75.2 cm³/mol. The van der Waals surface area contributed by atoms with Gasteiger partial charge in [-0.3, -0.25) is 10.1 Å². The number of nitrogens with one attached hydrogen (secondary N) is 2. The van der Waals surface area contributed by atoms with Crippen LogP contribution in [-0.4, -0.2) is 18.0 Å². The summed E-state index contributed by atoms with van der Waals surface area (Å²) in [6.07, 6.45) is 1.04. The minimum absolute atomic E-state index is 0.107. The molecule has 5 nitrogen and oxygen atoms in total. The highest BCUT2D eigenvalue weighted by atomic mass is 16.6. The second-order valence-corrected chi connectivity index (χ2v) is 4.53. The van der Waals surface area contributed by atoms with E-state index in [1.54, 1.807) is 19.2 Å². The molecule has 1 aromatic carbocycles. The molecule has 1 rings (SSSR count). The first kappa shape index (κ1) is 14.3. The third kappa shape index (κ3) is 3.12. The van der Waals surface area contributed by atoms with E-state index in [1.807, 2.05) is 13.0 Å². The average Bonchev–Trinajstić information content (AvgIpc) is 2.36. The Hall–Kier alpha value is -1.78. The number of nitro benzene ring substituents is 1. The third-order valence-corrected chi connectivity index (χ3v) is 3.37. The van der Waals surface area contributed by atoms with Crippen molar-refractivity contribution in [2.45, 2.75) is 33.2 Å². The quantitative estimate of drug-likeness (QED) is 0.600. The number of hydrogen-bond acceptors (Lipinski definition) is 4. The number of anilines is 2. The van der Waals surface area contributed by atoms with Crippen molar-refractivity contribution in [3.63, 3.8) is 0 Å². The van der Waals surface area contributed by atoms with Crippen molar-refractivity contribution in [2.24, 2.45) is 5.92 Å². The van der Waals surface area contributed by atoms with Crippen molar-refractivity contribution >= 4 is 17.1 Å². The molecule has 1 aromatic rings. The van der Waals surface area contributed by atoms with E-state index in [2.05, 4.69) is 24.5 Å². The molecule has 0 aliphatic rings. The molecule has 0 spiro atoms. The fraction of sp³-hybridized carbons (Fsp3) is 0.538. The van der Waals surface area contributed by atoms with E-state index >= 15 is 0 Å². The van der Waals surface area contributed by atoms with Crippen molar-refractivity contribution in [1.82, 2.24) is 0 Å². The van der Waals surface area contributed by atoms with E-state index in [4.69, 9.17) is 0 Å². The van der Waals surface area contributed by atoms with Gasteiger partial charge in [0.25, 0.3) is 0 Å². The van der Waals surface area contributed by atoms with Gasteiger partial charge in [-0.2, -0.15) is 0 Å². The molecule has 2 unspecified atom stereocenters. The van der Waals surface area contributed by atoms with Crippen LogP contribution in [0.15, 0.2) is 18.2 Å². The van der Waals surface area contributed by atoms with Crippen molar-refractivity contribution in [3.8, 4) is 0 Å². The van der Waals surface area contributed by atoms with Crippen molar-refractivity contribution in [3.05, 3.63) is 28.3 Å². The van der Waals surface area contributed by atoms with Crippen LogP contribution >= 0.6 is 0 Å². The maximum Gasteiger partial charge on any atom is 0.315 e. The molecule has 0 fully saturated rings. The Kier molecular flexibility index (Phi) is 4.95. The zero-order chi connectivity index (χ0) is 13.7. The van der Waals surface area contributed by atoms with Gasteiger partial charge in [-0.05, 0) is 25.0 Å². The standard InChI is InChI=1S/C13H21N3O2/c1-5-9(2)10(3)15-12-8-6-7-11(14-4)13(12)16(17)18/h6-10,14-15H,5H2,1-4H3. The van der Waals surface area contributed by atoms with Crippen LogP contribution < -0.4 is 10.6 Å². The van der Waals surface area contributed by atoms with Gasteiger partial charge in [0, 0.05) is 13.1 Å². The fourth-order valence-corrected chi connectivity index (χ4v) is 1.80. The molecule has 0 aliphatic heterocycles. The van der Waals surface area contributed by atoms with Crippen molar-refractivity contribution in [2.75, 3.05) is 17.7 Å². The molecule has 0 aliphatic carbocycles. The van der Waals surface area contributed by atoms with Crippen LogP contribution in [0.2, 0.25) is 0 Å². The summed E-state index contributed by atoms with van der Waals surface area (Å²) in [6, 6.07) is 5.46. The molecule has 0 saturated heterocycles. The third-order valence-electron chi connectivity index (χ3n) is 3.37. The lowest BCUT2D eigenvalue weighted by atomic mass is 10.0. The fourth-order valence-electron chi connectivity index (χ4n) is 1.80. The van der Waals surface area contributed by atoms with Gasteiger partial charge < -0.3 is 10.6 Å². The van der Waals surface area contributed by atoms with Gasteiger partial charge in [0.15, 0.2) is 0 Å². The van der Waals surface area contributed by atoms with Crippen LogP contribution in [0.5, 0.6) is 0 Å². The summed E-state index contributed by atoms with van der Waals surface area (Å²) in [6.45, 7) is 6.29. The minimum atomic E-state index is -0.350. The molecule has 2 atom stereocenters. The first-order chi connectivity index (χ1) is 8.51. The second kappa shape index (κ2) is 6.23. The van der Waals surface area contributed by atoms with Crippen LogP contribution in [0, 0.1) is 16.0 Å². The second-order valence-electron chi connectivity index (χ2n) is 4.53. The Bertz CT molecular complexity index is 421. The number of para-hydroxylation sites is 1. The summed E-state index contributed by atoms with van der Waals surface area (Å²) in [5.74, 6) is 0.461. The van der Waals surface area contributed by atoms with Crippen LogP contribution in [-0.2, 0) is 0 Å². The summed E-state index contributed by atoms with van der Waals surface area (Å²) in [5, 5.41) is 17.2. The molecule has 0 saturated carbocycles. The van der Waals surface area contributed by atoms with Crippen LogP contribution in [0.1, 0.15) is 27.2 Å². The minimum Gasteiger partial charge on any atom is -0.382 e. The van der Waals surface area contributed by atoms with Crippen molar-refractivity contribution < 1.29 is 4.92 Å². The van der Waals surface area contributed by atoms with Gasteiger partial charge in [0.2, 0.25) is 0 Å². The molecule has 0 bridgehead atoms. The molecule has 2 N–H and O–H groups in total. The zero-order valence-corrected chi connectivity index (χ0v) is 11.4. The molecule has 0 amide bonds. The number of benzene rings is 1. The van der Waals surface area contributed by atoms with Gasteiger partial charge >= 0.3 is 5.69 Å². The van der Waals surface area contributed by atoms with E-state index in [0.29, 0.717) is 17.3 Å².